The summed E-state index contributed by atoms with van der Waals surface area (Å²) in [6, 6.07) is 8.69. The van der Waals surface area contributed by atoms with E-state index in [4.69, 9.17) is 16.3 Å². The molecule has 2 aliphatic carbocycles. The van der Waals surface area contributed by atoms with E-state index in [1.165, 1.54) is 30.4 Å². The van der Waals surface area contributed by atoms with E-state index in [1.54, 1.807) is 0 Å². The van der Waals surface area contributed by atoms with Gasteiger partial charge < -0.3 is 15.0 Å². The number of halogens is 1. The number of nitrogens with one attached hydrogen (secondary N) is 2. The molecule has 2 fully saturated rings. The average molecular weight is 536 g/mol. The second kappa shape index (κ2) is 12.4. The Kier molecular flexibility index (Phi) is 9.56. The molecule has 1 saturated heterocycles. The Bertz CT molecular complexity index is 1030. The van der Waals surface area contributed by atoms with Crippen molar-refractivity contribution >= 4 is 21.6 Å². The number of benzene rings is 1. The Morgan fingerprint density at radius 1 is 1.19 bits per heavy atom. The highest BCUT2D eigenvalue weighted by molar-refractivity contribution is 7.89. The lowest BCUT2D eigenvalue weighted by Gasteiger charge is -2.53. The molecule has 6 nitrogen and oxygen atoms in total. The van der Waals surface area contributed by atoms with Gasteiger partial charge in [-0.05, 0) is 99.6 Å². The summed E-state index contributed by atoms with van der Waals surface area (Å²) in [5.41, 5.74) is 2.91. The number of hydrogen-bond acceptors (Lipinski definition) is 5. The summed E-state index contributed by atoms with van der Waals surface area (Å²) < 4.78 is 33.4. The van der Waals surface area contributed by atoms with Crippen molar-refractivity contribution in [3.8, 4) is 0 Å². The van der Waals surface area contributed by atoms with Crippen molar-refractivity contribution in [2.45, 2.75) is 63.8 Å². The van der Waals surface area contributed by atoms with Gasteiger partial charge in [0, 0.05) is 23.0 Å². The lowest BCUT2D eigenvalue weighted by Crippen LogP contribution is -2.57. The standard InChI is InChI=1S/C28H42ClN3O3S/c1-3-32(4-2)18-6-20-36(33,34)31-17-19-35-25-12-7-22-13-16-30-27(26(22)21-25)28(14-5-15-28)23-8-10-24(29)11-9-23/h8-12,21-22,27,30-31H,3-7,13-20H2,1-2H3. The molecule has 2 N–H and O–H groups in total. The van der Waals surface area contributed by atoms with Crippen molar-refractivity contribution in [2.24, 2.45) is 5.92 Å². The van der Waals surface area contributed by atoms with Gasteiger partial charge in [-0.2, -0.15) is 0 Å². The van der Waals surface area contributed by atoms with Gasteiger partial charge in [0.25, 0.3) is 0 Å². The number of ether oxygens (including phenoxy) is 1. The van der Waals surface area contributed by atoms with Gasteiger partial charge in [-0.1, -0.05) is 44.0 Å². The van der Waals surface area contributed by atoms with Gasteiger partial charge >= 0.3 is 0 Å². The quantitative estimate of drug-likeness (QED) is 0.361. The van der Waals surface area contributed by atoms with Crippen molar-refractivity contribution in [3.05, 3.63) is 58.3 Å². The highest BCUT2D eigenvalue weighted by Gasteiger charge is 2.49. The van der Waals surface area contributed by atoms with Crippen molar-refractivity contribution in [1.29, 1.82) is 0 Å². The molecule has 1 saturated carbocycles. The number of nitrogens with zero attached hydrogens (tertiary/aromatic N) is 1. The van der Waals surface area contributed by atoms with Gasteiger partial charge in [0.1, 0.15) is 12.4 Å². The molecule has 0 spiro atoms. The van der Waals surface area contributed by atoms with Crippen LogP contribution in [-0.4, -0.2) is 64.4 Å². The summed E-state index contributed by atoms with van der Waals surface area (Å²) in [4.78, 5) is 2.24. The third kappa shape index (κ3) is 6.54. The van der Waals surface area contributed by atoms with Gasteiger partial charge in [-0.25, -0.2) is 13.1 Å². The fraction of sp³-hybridized carbons (Fsp3) is 0.643. The first-order valence-electron chi connectivity index (χ1n) is 13.6. The monoisotopic (exact) mass is 535 g/mol. The molecule has 2 unspecified atom stereocenters. The van der Waals surface area contributed by atoms with Gasteiger partial charge in [0.05, 0.1) is 5.75 Å². The van der Waals surface area contributed by atoms with E-state index in [-0.39, 0.29) is 17.7 Å². The van der Waals surface area contributed by atoms with E-state index >= 15 is 0 Å². The summed E-state index contributed by atoms with van der Waals surface area (Å²) in [6.07, 6.45) is 10.7. The van der Waals surface area contributed by atoms with E-state index in [0.717, 1.165) is 49.8 Å². The molecule has 36 heavy (non-hydrogen) atoms. The van der Waals surface area contributed by atoms with Gasteiger partial charge in [0.15, 0.2) is 0 Å². The lowest BCUT2D eigenvalue weighted by molar-refractivity contribution is 0.161. The third-order valence-electron chi connectivity index (χ3n) is 8.25. The minimum Gasteiger partial charge on any atom is -0.493 e. The van der Waals surface area contributed by atoms with Gasteiger partial charge in [-0.3, -0.25) is 0 Å². The van der Waals surface area contributed by atoms with E-state index in [2.05, 4.69) is 53.1 Å². The Morgan fingerprint density at radius 2 is 1.94 bits per heavy atom. The maximum atomic E-state index is 12.3. The maximum Gasteiger partial charge on any atom is 0.211 e. The second-order valence-corrected chi connectivity index (χ2v) is 12.7. The molecular weight excluding hydrogens is 494 g/mol. The van der Waals surface area contributed by atoms with Crippen LogP contribution >= 0.6 is 11.6 Å². The van der Waals surface area contributed by atoms with E-state index in [9.17, 15) is 8.42 Å². The molecule has 0 aromatic heterocycles. The summed E-state index contributed by atoms with van der Waals surface area (Å²) in [5.74, 6) is 1.55. The lowest BCUT2D eigenvalue weighted by atomic mass is 9.56. The first-order valence-corrected chi connectivity index (χ1v) is 15.6. The third-order valence-corrected chi connectivity index (χ3v) is 9.97. The number of allylic oxidation sites excluding steroid dienone is 2. The largest absolute Gasteiger partial charge is 0.493 e. The summed E-state index contributed by atoms with van der Waals surface area (Å²) >= 11 is 6.18. The molecule has 0 radical (unpaired) electrons. The fourth-order valence-corrected chi connectivity index (χ4v) is 7.19. The van der Waals surface area contributed by atoms with E-state index in [1.807, 2.05) is 12.1 Å². The topological polar surface area (TPSA) is 70.7 Å². The van der Waals surface area contributed by atoms with Crippen LogP contribution in [-0.2, 0) is 20.2 Å². The second-order valence-electron chi connectivity index (χ2n) is 10.3. The van der Waals surface area contributed by atoms with Crippen LogP contribution in [0.4, 0.5) is 0 Å². The van der Waals surface area contributed by atoms with E-state index < -0.39 is 10.0 Å². The fourth-order valence-electron chi connectivity index (χ4n) is 6.01. The summed E-state index contributed by atoms with van der Waals surface area (Å²) in [7, 11) is -3.28. The first kappa shape index (κ1) is 27.6. The molecular formula is C28H42ClN3O3S. The highest BCUT2D eigenvalue weighted by Crippen LogP contribution is 2.51. The molecule has 8 heteroatoms. The molecule has 2 atom stereocenters. The Hall–Kier alpha value is -1.38. The first-order chi connectivity index (χ1) is 17.4. The van der Waals surface area contributed by atoms with Gasteiger partial charge in [-0.15, -0.1) is 0 Å². The number of fused-ring (bicyclic) bond motifs is 1. The molecule has 0 bridgehead atoms. The normalized spacial score (nSPS) is 23.4. The molecule has 1 heterocycles. The molecule has 1 aromatic rings. The predicted molar refractivity (Wildman–Crippen MR) is 148 cm³/mol. The molecule has 3 aliphatic rings. The molecule has 1 aliphatic heterocycles. The number of hydrogen-bond donors (Lipinski definition) is 2. The van der Waals surface area contributed by atoms with Crippen LogP contribution in [0.3, 0.4) is 0 Å². The van der Waals surface area contributed by atoms with Crippen molar-refractivity contribution in [2.75, 3.05) is 45.1 Å². The zero-order valence-electron chi connectivity index (χ0n) is 21.8. The molecule has 4 rings (SSSR count). The zero-order chi connectivity index (χ0) is 25.6. The van der Waals surface area contributed by atoms with Crippen LogP contribution in [0.15, 0.2) is 47.7 Å². The molecule has 200 valence electrons. The summed E-state index contributed by atoms with van der Waals surface area (Å²) in [5, 5.41) is 4.61. The number of rotatable bonds is 13. The minimum atomic E-state index is -3.28. The van der Waals surface area contributed by atoms with Crippen LogP contribution in [0, 0.1) is 5.92 Å². The highest BCUT2D eigenvalue weighted by atomic mass is 35.5. The molecule has 1 aromatic carbocycles. The zero-order valence-corrected chi connectivity index (χ0v) is 23.3. The van der Waals surface area contributed by atoms with E-state index in [0.29, 0.717) is 25.0 Å². The SMILES string of the molecule is CCN(CC)CCCS(=O)(=O)NCCOC1=CCC2CCNC(C3(c4ccc(Cl)cc4)CCC3)C2=C1. The van der Waals surface area contributed by atoms with Crippen LogP contribution in [0.2, 0.25) is 5.02 Å². The van der Waals surface area contributed by atoms with Crippen LogP contribution in [0.5, 0.6) is 0 Å². The Labute approximate surface area is 222 Å². The smallest absolute Gasteiger partial charge is 0.211 e. The van der Waals surface area contributed by atoms with Crippen LogP contribution in [0.25, 0.3) is 0 Å². The Morgan fingerprint density at radius 3 is 2.61 bits per heavy atom. The Balaban J connectivity index is 1.33. The number of piperidine rings is 1. The number of sulfonamides is 1. The average Bonchev–Trinajstić information content (AvgIpc) is 2.85. The van der Waals surface area contributed by atoms with Crippen LogP contribution in [0.1, 0.15) is 57.9 Å². The van der Waals surface area contributed by atoms with Crippen LogP contribution < -0.4 is 10.0 Å². The minimum absolute atomic E-state index is 0.109. The van der Waals surface area contributed by atoms with Crippen molar-refractivity contribution in [3.63, 3.8) is 0 Å². The van der Waals surface area contributed by atoms with Gasteiger partial charge in [0.2, 0.25) is 10.0 Å². The van der Waals surface area contributed by atoms with Crippen molar-refractivity contribution < 1.29 is 13.2 Å². The van der Waals surface area contributed by atoms with Crippen molar-refractivity contribution in [1.82, 2.24) is 14.9 Å². The summed E-state index contributed by atoms with van der Waals surface area (Å²) in [6.45, 7) is 8.53. The maximum absolute atomic E-state index is 12.3. The predicted octanol–water partition coefficient (Wildman–Crippen LogP) is 4.62. The molecule has 0 amide bonds.